The summed E-state index contributed by atoms with van der Waals surface area (Å²) in [6.07, 6.45) is -3.54. The molecule has 0 amide bonds. The van der Waals surface area contributed by atoms with Gasteiger partial charge in [-0.25, -0.2) is 18.7 Å². The second-order valence-electron chi connectivity index (χ2n) is 7.68. The van der Waals surface area contributed by atoms with Crippen molar-refractivity contribution >= 4 is 56.7 Å². The van der Waals surface area contributed by atoms with Crippen molar-refractivity contribution in [2.24, 2.45) is 0 Å². The van der Waals surface area contributed by atoms with Crippen LogP contribution >= 0.6 is 11.6 Å². The maximum atomic E-state index is 13.6. The number of hydrogen-bond acceptors (Lipinski definition) is 6. The quantitative estimate of drug-likeness (QED) is 0.257. The molecule has 0 atom stereocenters. The van der Waals surface area contributed by atoms with Gasteiger partial charge in [0.05, 0.1) is 16.1 Å². The van der Waals surface area contributed by atoms with Crippen molar-refractivity contribution in [3.8, 4) is 0 Å². The van der Waals surface area contributed by atoms with Gasteiger partial charge in [-0.15, -0.1) is 0 Å². The molecule has 0 saturated heterocycles. The Hall–Kier alpha value is -4.26. The van der Waals surface area contributed by atoms with E-state index in [9.17, 15) is 32.3 Å². The summed E-state index contributed by atoms with van der Waals surface area (Å²) in [4.78, 5) is 33.0. The van der Waals surface area contributed by atoms with Crippen molar-refractivity contribution in [2.75, 3.05) is 5.32 Å². The molecule has 5 aromatic rings. The van der Waals surface area contributed by atoms with Gasteiger partial charge < -0.3 is 15.0 Å². The van der Waals surface area contributed by atoms with Crippen LogP contribution in [0.1, 0.15) is 23.0 Å². The number of aromatic nitrogens is 5. The van der Waals surface area contributed by atoms with Crippen LogP contribution in [-0.2, 0) is 12.7 Å². The molecule has 4 heterocycles. The Labute approximate surface area is 202 Å². The normalized spacial score (nSPS) is 12.1. The molecule has 2 N–H and O–H groups in total. The number of hydrogen-bond donors (Lipinski definition) is 2. The van der Waals surface area contributed by atoms with E-state index in [1.54, 1.807) is 6.92 Å². The first-order chi connectivity index (χ1) is 17.0. The molecule has 0 spiro atoms. The Bertz CT molecular complexity index is 1780. The zero-order chi connectivity index (χ0) is 25.9. The van der Waals surface area contributed by atoms with Gasteiger partial charge in [-0.05, 0) is 37.3 Å². The summed E-state index contributed by atoms with van der Waals surface area (Å²) in [6.45, 7) is 1.54. The predicted molar refractivity (Wildman–Crippen MR) is 122 cm³/mol. The highest BCUT2D eigenvalue weighted by atomic mass is 35.5. The number of carboxylic acids is 1. The van der Waals surface area contributed by atoms with E-state index in [-0.39, 0.29) is 45.0 Å². The summed E-state index contributed by atoms with van der Waals surface area (Å²) in [5.41, 5.74) is -2.49. The first-order valence-electron chi connectivity index (χ1n) is 10.3. The van der Waals surface area contributed by atoms with Crippen LogP contribution < -0.4 is 10.9 Å². The van der Waals surface area contributed by atoms with E-state index in [4.69, 9.17) is 11.6 Å². The lowest BCUT2D eigenvalue weighted by molar-refractivity contribution is -0.141. The number of fused-ring (bicyclic) bond motifs is 6. The summed E-state index contributed by atoms with van der Waals surface area (Å²) in [5.74, 6) is -2.21. The average Bonchev–Trinajstić information content (AvgIpc) is 3.27. The van der Waals surface area contributed by atoms with E-state index in [2.05, 4.69) is 20.4 Å². The van der Waals surface area contributed by atoms with Crippen molar-refractivity contribution in [3.63, 3.8) is 0 Å². The first-order valence-corrected chi connectivity index (χ1v) is 10.7. The highest BCUT2D eigenvalue weighted by Crippen LogP contribution is 2.34. The van der Waals surface area contributed by atoms with Crippen LogP contribution in [0.3, 0.4) is 0 Å². The number of alkyl halides is 3. The second kappa shape index (κ2) is 8.16. The lowest BCUT2D eigenvalue weighted by Crippen LogP contribution is -2.26. The Morgan fingerprint density at radius 3 is 2.58 bits per heavy atom. The minimum Gasteiger partial charge on any atom is -0.477 e. The fourth-order valence-electron chi connectivity index (χ4n) is 3.94. The molecule has 0 fully saturated rings. The zero-order valence-corrected chi connectivity index (χ0v) is 18.8. The van der Waals surface area contributed by atoms with E-state index in [1.165, 1.54) is 18.3 Å². The third kappa shape index (κ3) is 3.68. The monoisotopic (exact) mass is 520 g/mol. The SMILES string of the molecule is CCn1c(=O)c(C(=O)O)cc2c3cnc(Nc4ccc(F)c(Cl)c4)nc3n3nc(C(F)(F)F)cc3c21. The Balaban J connectivity index is 1.88. The molecule has 5 rings (SSSR count). The van der Waals surface area contributed by atoms with E-state index in [1.807, 2.05) is 0 Å². The van der Waals surface area contributed by atoms with Crippen molar-refractivity contribution in [1.82, 2.24) is 24.1 Å². The molecule has 0 saturated carbocycles. The summed E-state index contributed by atoms with van der Waals surface area (Å²) < 4.78 is 56.2. The number of anilines is 2. The molecule has 9 nitrogen and oxygen atoms in total. The Morgan fingerprint density at radius 2 is 1.94 bits per heavy atom. The summed E-state index contributed by atoms with van der Waals surface area (Å²) in [6, 6.07) is 5.60. The summed E-state index contributed by atoms with van der Waals surface area (Å²) >= 11 is 5.79. The van der Waals surface area contributed by atoms with Gasteiger partial charge in [0.25, 0.3) is 5.56 Å². The Morgan fingerprint density at radius 1 is 1.19 bits per heavy atom. The number of nitrogens with zero attached hydrogens (tertiary/aromatic N) is 5. The number of nitrogens with one attached hydrogen (secondary N) is 1. The molecule has 0 bridgehead atoms. The van der Waals surface area contributed by atoms with E-state index < -0.39 is 34.8 Å². The fraction of sp³-hybridized carbons (Fsp3) is 0.136. The molecule has 0 unspecified atom stereocenters. The maximum Gasteiger partial charge on any atom is 0.435 e. The van der Waals surface area contributed by atoms with Crippen LogP contribution in [-0.4, -0.2) is 35.2 Å². The van der Waals surface area contributed by atoms with Crippen LogP contribution in [0.25, 0.3) is 27.5 Å². The smallest absolute Gasteiger partial charge is 0.435 e. The largest absolute Gasteiger partial charge is 0.477 e. The van der Waals surface area contributed by atoms with Gasteiger partial charge in [-0.2, -0.15) is 23.3 Å². The molecule has 36 heavy (non-hydrogen) atoms. The minimum absolute atomic E-state index is 0.0179. The summed E-state index contributed by atoms with van der Waals surface area (Å²) in [5, 5.41) is 16.1. The number of halogens is 5. The highest BCUT2D eigenvalue weighted by Gasteiger charge is 2.35. The van der Waals surface area contributed by atoms with Crippen LogP contribution in [0.15, 0.2) is 41.3 Å². The third-order valence-electron chi connectivity index (χ3n) is 5.51. The van der Waals surface area contributed by atoms with Gasteiger partial charge in [0, 0.05) is 29.2 Å². The zero-order valence-electron chi connectivity index (χ0n) is 18.1. The molecule has 1 aromatic carbocycles. The second-order valence-corrected chi connectivity index (χ2v) is 8.09. The van der Waals surface area contributed by atoms with E-state index >= 15 is 0 Å². The Kier molecular flexibility index (Phi) is 5.32. The highest BCUT2D eigenvalue weighted by molar-refractivity contribution is 6.31. The van der Waals surface area contributed by atoms with Gasteiger partial charge in [-0.3, -0.25) is 4.79 Å². The average molecular weight is 521 g/mol. The topological polar surface area (TPSA) is 114 Å². The van der Waals surface area contributed by atoms with Crippen molar-refractivity contribution in [3.05, 3.63) is 69.0 Å². The lowest BCUT2D eigenvalue weighted by Gasteiger charge is -2.14. The van der Waals surface area contributed by atoms with E-state index in [0.717, 1.165) is 27.3 Å². The van der Waals surface area contributed by atoms with Crippen LogP contribution in [0.4, 0.5) is 29.2 Å². The van der Waals surface area contributed by atoms with Gasteiger partial charge >= 0.3 is 12.1 Å². The van der Waals surface area contributed by atoms with Crippen molar-refractivity contribution in [2.45, 2.75) is 19.6 Å². The number of carboxylic acid groups (broad SMARTS) is 1. The number of benzene rings is 1. The van der Waals surface area contributed by atoms with Crippen LogP contribution in [0, 0.1) is 5.82 Å². The molecule has 0 radical (unpaired) electrons. The van der Waals surface area contributed by atoms with Gasteiger partial charge in [0.15, 0.2) is 11.3 Å². The first kappa shape index (κ1) is 23.5. The van der Waals surface area contributed by atoms with Gasteiger partial charge in [0.2, 0.25) is 5.95 Å². The predicted octanol–water partition coefficient (Wildman–Crippen LogP) is 4.87. The van der Waals surface area contributed by atoms with Crippen LogP contribution in [0.2, 0.25) is 5.02 Å². The number of aromatic carboxylic acids is 1. The summed E-state index contributed by atoms with van der Waals surface area (Å²) in [7, 11) is 0. The number of aryl methyl sites for hydroxylation is 1. The number of rotatable bonds is 4. The minimum atomic E-state index is -4.80. The molecule has 0 aliphatic rings. The van der Waals surface area contributed by atoms with Gasteiger partial charge in [0.1, 0.15) is 11.4 Å². The third-order valence-corrected chi connectivity index (χ3v) is 5.80. The molecule has 14 heteroatoms. The fourth-order valence-corrected chi connectivity index (χ4v) is 4.12. The van der Waals surface area contributed by atoms with Gasteiger partial charge in [-0.1, -0.05) is 11.6 Å². The standard InChI is InChI=1S/C22H13ClF4N6O3/c1-2-32-17-10(6-11(19(32)34)20(35)36)12-8-28-21(29-9-3-4-14(24)13(23)5-9)30-18(12)33-15(17)7-16(31-33)22(25,26)27/h3-8H,2H2,1H3,(H,35,36)(H,28,29,30). The number of pyridine rings is 2. The molecule has 4 aromatic heterocycles. The number of carbonyl (C=O) groups is 1. The van der Waals surface area contributed by atoms with Crippen LogP contribution in [0.5, 0.6) is 0 Å². The lowest BCUT2D eigenvalue weighted by atomic mass is 10.1. The molecule has 0 aliphatic heterocycles. The van der Waals surface area contributed by atoms with E-state index in [0.29, 0.717) is 5.69 Å². The van der Waals surface area contributed by atoms with Crippen molar-refractivity contribution < 1.29 is 27.5 Å². The molecule has 184 valence electrons. The maximum absolute atomic E-state index is 13.6. The molecule has 0 aliphatic carbocycles. The van der Waals surface area contributed by atoms with Crippen molar-refractivity contribution in [1.29, 1.82) is 0 Å². The molecular weight excluding hydrogens is 508 g/mol. The molecular formula is C22H13ClF4N6O3.